The SMILES string of the molecule is Cc1ncoc1-c1ccc([C@H](C)NC(=O)[C@@H]2CCCN2C(=O)[C@@H](NC(=O)COCCCCCOc2ccc(C(=O)N[C@H]3C(C)(C)[C@H](Oc4ccc(C#N)c(Cl)c4)C3(C)C)cc2)C(C)(C)C)cc1. The number of likely N-dealkylation sites (tertiary alicyclic amines) is 1. The number of carbonyl (C=O) groups is 4. The summed E-state index contributed by atoms with van der Waals surface area (Å²) in [6.07, 6.45) is 4.72. The van der Waals surface area contributed by atoms with Crippen molar-refractivity contribution in [2.45, 2.75) is 125 Å². The number of nitriles is 1. The first kappa shape index (κ1) is 50.5. The fourth-order valence-electron chi connectivity index (χ4n) is 9.57. The Morgan fingerprint density at radius 1 is 0.940 bits per heavy atom. The number of nitrogens with zero attached hydrogens (tertiary/aromatic N) is 3. The number of benzene rings is 3. The van der Waals surface area contributed by atoms with Crippen LogP contribution in [-0.4, -0.2) is 84.1 Å². The van der Waals surface area contributed by atoms with Crippen LogP contribution < -0.4 is 25.4 Å². The average molecular weight is 938 g/mol. The first-order chi connectivity index (χ1) is 31.7. The van der Waals surface area contributed by atoms with Gasteiger partial charge in [0.05, 0.1) is 28.9 Å². The molecule has 1 aliphatic carbocycles. The van der Waals surface area contributed by atoms with Crippen LogP contribution in [0.4, 0.5) is 0 Å². The minimum absolute atomic E-state index is 0.164. The summed E-state index contributed by atoms with van der Waals surface area (Å²) >= 11 is 6.24. The Bertz CT molecular complexity index is 2400. The molecule has 15 heteroatoms. The van der Waals surface area contributed by atoms with Crippen LogP contribution in [0.5, 0.6) is 11.5 Å². The first-order valence-corrected chi connectivity index (χ1v) is 23.5. The summed E-state index contributed by atoms with van der Waals surface area (Å²) in [5.41, 5.74) is 2.14. The largest absolute Gasteiger partial charge is 0.494 e. The number of rotatable bonds is 19. The molecule has 358 valence electrons. The second-order valence-electron chi connectivity index (χ2n) is 20.0. The quantitative estimate of drug-likeness (QED) is 0.0768. The Morgan fingerprint density at radius 3 is 2.24 bits per heavy atom. The number of aromatic nitrogens is 1. The standard InChI is InChI=1S/C52H65ClN6O8/c1-32(34-15-17-35(18-16-34)43-33(2)55-31-66-43)56-46(62)41-14-13-25-59(41)47(63)44(50(3,4)5)57-42(60)30-64-26-11-10-12-27-65-38-22-19-36(20-23-38)45(61)58-48-51(6,7)49(52(48,8)9)67-39-24-21-37(29-54)40(53)28-39/h15-24,28,31-32,41,44,48-49H,10-14,25-27,30H2,1-9H3,(H,56,62)(H,57,60)(H,58,61)/t32-,41-,44+,48-,49-/m0/s1. The highest BCUT2D eigenvalue weighted by Crippen LogP contribution is 2.55. The van der Waals surface area contributed by atoms with Crippen molar-refractivity contribution in [2.24, 2.45) is 16.2 Å². The lowest BCUT2D eigenvalue weighted by atomic mass is 9.49. The van der Waals surface area contributed by atoms with Crippen LogP contribution in [-0.2, 0) is 19.1 Å². The van der Waals surface area contributed by atoms with E-state index in [2.05, 4.69) is 54.7 Å². The molecule has 1 saturated heterocycles. The zero-order valence-corrected chi connectivity index (χ0v) is 40.9. The van der Waals surface area contributed by atoms with E-state index in [0.717, 1.165) is 29.7 Å². The highest BCUT2D eigenvalue weighted by atomic mass is 35.5. The van der Waals surface area contributed by atoms with Crippen LogP contribution in [0.15, 0.2) is 77.5 Å². The van der Waals surface area contributed by atoms with Gasteiger partial charge >= 0.3 is 0 Å². The van der Waals surface area contributed by atoms with E-state index in [1.165, 1.54) is 6.39 Å². The topological polar surface area (TPSA) is 185 Å². The van der Waals surface area contributed by atoms with E-state index in [1.54, 1.807) is 47.4 Å². The van der Waals surface area contributed by atoms with Gasteiger partial charge in [0.2, 0.25) is 17.7 Å². The molecular formula is C52H65ClN6O8. The molecule has 6 rings (SSSR count). The second-order valence-corrected chi connectivity index (χ2v) is 20.4. The highest BCUT2D eigenvalue weighted by Gasteiger charge is 2.64. The van der Waals surface area contributed by atoms with Crippen molar-refractivity contribution in [3.63, 3.8) is 0 Å². The third-order valence-electron chi connectivity index (χ3n) is 13.0. The summed E-state index contributed by atoms with van der Waals surface area (Å²) in [6.45, 7) is 18.8. The molecule has 3 aromatic carbocycles. The van der Waals surface area contributed by atoms with Crippen molar-refractivity contribution in [3.8, 4) is 28.9 Å². The van der Waals surface area contributed by atoms with Gasteiger partial charge in [-0.2, -0.15) is 5.26 Å². The number of oxazole rings is 1. The van der Waals surface area contributed by atoms with E-state index in [0.29, 0.717) is 72.4 Å². The molecule has 1 aromatic heterocycles. The Morgan fingerprint density at radius 2 is 1.61 bits per heavy atom. The molecule has 0 unspecified atom stereocenters. The van der Waals surface area contributed by atoms with Gasteiger partial charge in [-0.3, -0.25) is 19.2 Å². The van der Waals surface area contributed by atoms with Crippen molar-refractivity contribution >= 4 is 35.2 Å². The third-order valence-corrected chi connectivity index (χ3v) is 13.3. The molecule has 2 fully saturated rings. The lowest BCUT2D eigenvalue weighted by Gasteiger charge is -2.63. The number of nitrogens with one attached hydrogen (secondary N) is 3. The summed E-state index contributed by atoms with van der Waals surface area (Å²) in [7, 11) is 0. The molecule has 4 aromatic rings. The van der Waals surface area contributed by atoms with Crippen molar-refractivity contribution in [2.75, 3.05) is 26.4 Å². The molecule has 67 heavy (non-hydrogen) atoms. The Labute approximate surface area is 399 Å². The number of ether oxygens (including phenoxy) is 3. The number of hydrogen-bond acceptors (Lipinski definition) is 10. The lowest BCUT2D eigenvalue weighted by molar-refractivity contribution is -0.164. The zero-order chi connectivity index (χ0) is 48.7. The molecule has 0 radical (unpaired) electrons. The number of amides is 4. The Hall–Kier alpha value is -5.91. The van der Waals surface area contributed by atoms with E-state index >= 15 is 0 Å². The lowest BCUT2D eigenvalue weighted by Crippen LogP contribution is -2.74. The van der Waals surface area contributed by atoms with Crippen LogP contribution in [0.25, 0.3) is 11.3 Å². The van der Waals surface area contributed by atoms with Crippen LogP contribution in [0.3, 0.4) is 0 Å². The monoisotopic (exact) mass is 936 g/mol. The summed E-state index contributed by atoms with van der Waals surface area (Å²) in [6, 6.07) is 20.0. The predicted octanol–water partition coefficient (Wildman–Crippen LogP) is 8.75. The van der Waals surface area contributed by atoms with Gasteiger partial charge in [-0.25, -0.2) is 4.98 Å². The van der Waals surface area contributed by atoms with E-state index in [9.17, 15) is 24.4 Å². The summed E-state index contributed by atoms with van der Waals surface area (Å²) < 4.78 is 23.5. The summed E-state index contributed by atoms with van der Waals surface area (Å²) in [4.78, 5) is 59.8. The molecule has 14 nitrogen and oxygen atoms in total. The molecule has 2 heterocycles. The molecule has 3 atom stereocenters. The van der Waals surface area contributed by atoms with E-state index in [4.69, 9.17) is 30.2 Å². The van der Waals surface area contributed by atoms with Crippen molar-refractivity contribution in [1.29, 1.82) is 5.26 Å². The molecular weight excluding hydrogens is 872 g/mol. The second kappa shape index (κ2) is 21.4. The van der Waals surface area contributed by atoms with Gasteiger partial charge in [-0.1, -0.05) is 84.3 Å². The van der Waals surface area contributed by atoms with Crippen LogP contribution in [0.2, 0.25) is 5.02 Å². The van der Waals surface area contributed by atoms with Gasteiger partial charge < -0.3 is 39.5 Å². The van der Waals surface area contributed by atoms with E-state index in [-0.39, 0.29) is 53.3 Å². The molecule has 2 aliphatic rings. The van der Waals surface area contributed by atoms with Crippen LogP contribution >= 0.6 is 11.6 Å². The molecule has 0 spiro atoms. The van der Waals surface area contributed by atoms with Gasteiger partial charge in [0, 0.05) is 47.2 Å². The van der Waals surface area contributed by atoms with E-state index in [1.807, 2.05) is 58.9 Å². The fraction of sp³-hybridized carbons (Fsp3) is 0.500. The minimum atomic E-state index is -0.847. The van der Waals surface area contributed by atoms with Gasteiger partial charge in [0.15, 0.2) is 12.2 Å². The minimum Gasteiger partial charge on any atom is -0.494 e. The normalized spacial score (nSPS) is 19.3. The molecule has 1 saturated carbocycles. The summed E-state index contributed by atoms with van der Waals surface area (Å²) in [5, 5.41) is 18.7. The number of halogens is 1. The number of unbranched alkanes of at least 4 members (excludes halogenated alkanes) is 2. The van der Waals surface area contributed by atoms with Gasteiger partial charge in [0.25, 0.3) is 5.91 Å². The Balaban J connectivity index is 0.876. The average Bonchev–Trinajstić information content (AvgIpc) is 3.96. The van der Waals surface area contributed by atoms with Gasteiger partial charge in [-0.15, -0.1) is 0 Å². The zero-order valence-electron chi connectivity index (χ0n) is 40.2. The van der Waals surface area contributed by atoms with Crippen LogP contribution in [0.1, 0.15) is 121 Å². The smallest absolute Gasteiger partial charge is 0.251 e. The maximum absolute atomic E-state index is 14.0. The Kier molecular flexibility index (Phi) is 16.1. The number of aryl methyl sites for hydroxylation is 1. The van der Waals surface area contributed by atoms with Crippen LogP contribution in [0, 0.1) is 34.5 Å². The maximum Gasteiger partial charge on any atom is 0.251 e. The summed E-state index contributed by atoms with van der Waals surface area (Å²) in [5.74, 6) is 0.842. The van der Waals surface area contributed by atoms with Gasteiger partial charge in [0.1, 0.15) is 42.4 Å². The van der Waals surface area contributed by atoms with Crippen molar-refractivity contribution < 1.29 is 37.8 Å². The molecule has 3 N–H and O–H groups in total. The third kappa shape index (κ3) is 12.0. The number of carbonyl (C=O) groups excluding carboxylic acids is 4. The highest BCUT2D eigenvalue weighted by molar-refractivity contribution is 6.31. The molecule has 4 amide bonds. The van der Waals surface area contributed by atoms with Crippen molar-refractivity contribution in [3.05, 3.63) is 101 Å². The maximum atomic E-state index is 14.0. The predicted molar refractivity (Wildman–Crippen MR) is 255 cm³/mol. The van der Waals surface area contributed by atoms with Crippen molar-refractivity contribution in [1.82, 2.24) is 25.8 Å². The first-order valence-electron chi connectivity index (χ1n) is 23.1. The van der Waals surface area contributed by atoms with Gasteiger partial charge in [-0.05, 0) is 93.3 Å². The fourth-order valence-corrected chi connectivity index (χ4v) is 9.78. The number of hydrogen-bond donors (Lipinski definition) is 3. The van der Waals surface area contributed by atoms with E-state index < -0.39 is 23.4 Å². The molecule has 0 bridgehead atoms. The molecule has 1 aliphatic heterocycles.